The van der Waals surface area contributed by atoms with E-state index in [0.29, 0.717) is 44.8 Å². The van der Waals surface area contributed by atoms with E-state index in [-0.39, 0.29) is 5.91 Å². The maximum Gasteiger partial charge on any atom is 0.233 e. The number of carbonyl (C=O) groups is 1. The van der Waals surface area contributed by atoms with Gasteiger partial charge in [-0.2, -0.15) is 0 Å². The highest BCUT2D eigenvalue weighted by molar-refractivity contribution is 9.09. The summed E-state index contributed by atoms with van der Waals surface area (Å²) >= 11 is 3.16. The first-order chi connectivity index (χ1) is 7.26. The number of nitrogens with zero attached hydrogens (tertiary/aromatic N) is 1. The molecule has 15 heavy (non-hydrogen) atoms. The van der Waals surface area contributed by atoms with Crippen molar-refractivity contribution in [1.82, 2.24) is 4.90 Å². The zero-order chi connectivity index (χ0) is 11.5. The van der Waals surface area contributed by atoms with Gasteiger partial charge in [0, 0.05) is 26.3 Å². The minimum atomic E-state index is 0.0782. The molecule has 4 nitrogen and oxygen atoms in total. The average Bonchev–Trinajstić information content (AvgIpc) is 2.26. The van der Waals surface area contributed by atoms with Gasteiger partial charge >= 0.3 is 0 Å². The van der Waals surface area contributed by atoms with Crippen LogP contribution < -0.4 is 0 Å². The molecule has 1 amide bonds. The van der Waals surface area contributed by atoms with Crippen LogP contribution in [0.5, 0.6) is 0 Å². The molecular weight excluding hydrogens is 262 g/mol. The number of rotatable bonds is 9. The Bertz CT molecular complexity index is 157. The van der Waals surface area contributed by atoms with E-state index in [4.69, 9.17) is 9.47 Å². The zero-order valence-corrected chi connectivity index (χ0v) is 11.1. The van der Waals surface area contributed by atoms with E-state index in [1.165, 1.54) is 0 Å². The van der Waals surface area contributed by atoms with Crippen molar-refractivity contribution in [2.45, 2.75) is 13.8 Å². The standard InChI is InChI=1S/C10H20BrNO3/c1-3-14-7-5-12(10(13)9-11)6-8-15-4-2/h3-9H2,1-2H3. The van der Waals surface area contributed by atoms with Crippen LogP contribution in [0.2, 0.25) is 0 Å². The van der Waals surface area contributed by atoms with E-state index in [1.807, 2.05) is 13.8 Å². The number of ether oxygens (including phenoxy) is 2. The van der Waals surface area contributed by atoms with Crippen molar-refractivity contribution in [3.05, 3.63) is 0 Å². The molecule has 0 aromatic carbocycles. The lowest BCUT2D eigenvalue weighted by molar-refractivity contribution is -0.129. The molecule has 0 fully saturated rings. The zero-order valence-electron chi connectivity index (χ0n) is 9.50. The summed E-state index contributed by atoms with van der Waals surface area (Å²) in [6.07, 6.45) is 0. The summed E-state index contributed by atoms with van der Waals surface area (Å²) in [5.41, 5.74) is 0. The van der Waals surface area contributed by atoms with E-state index >= 15 is 0 Å². The van der Waals surface area contributed by atoms with Gasteiger partial charge in [0.15, 0.2) is 0 Å². The van der Waals surface area contributed by atoms with Crippen LogP contribution in [0.1, 0.15) is 13.8 Å². The molecule has 0 saturated carbocycles. The number of amides is 1. The summed E-state index contributed by atoms with van der Waals surface area (Å²) in [5, 5.41) is 0.352. The Kier molecular flexibility index (Phi) is 10.3. The second kappa shape index (κ2) is 10.4. The third kappa shape index (κ3) is 7.76. The third-order valence-corrected chi connectivity index (χ3v) is 2.37. The Morgan fingerprint density at radius 2 is 1.60 bits per heavy atom. The van der Waals surface area contributed by atoms with Crippen LogP contribution in [0.4, 0.5) is 0 Å². The van der Waals surface area contributed by atoms with Crippen LogP contribution >= 0.6 is 15.9 Å². The highest BCUT2D eigenvalue weighted by atomic mass is 79.9. The molecule has 90 valence electrons. The summed E-state index contributed by atoms with van der Waals surface area (Å²) in [5.74, 6) is 0.0782. The first-order valence-electron chi connectivity index (χ1n) is 5.25. The predicted octanol–water partition coefficient (Wildman–Crippen LogP) is 1.28. The van der Waals surface area contributed by atoms with Crippen LogP contribution in [0.25, 0.3) is 0 Å². The fraction of sp³-hybridized carbons (Fsp3) is 0.900. The van der Waals surface area contributed by atoms with Crippen molar-refractivity contribution in [3.8, 4) is 0 Å². The predicted molar refractivity (Wildman–Crippen MR) is 63.4 cm³/mol. The first-order valence-corrected chi connectivity index (χ1v) is 6.37. The van der Waals surface area contributed by atoms with Gasteiger partial charge < -0.3 is 14.4 Å². The molecule has 0 radical (unpaired) electrons. The second-order valence-corrected chi connectivity index (χ2v) is 3.47. The van der Waals surface area contributed by atoms with E-state index in [9.17, 15) is 4.79 Å². The molecular formula is C10H20BrNO3. The first kappa shape index (κ1) is 14.9. The number of hydrogen-bond acceptors (Lipinski definition) is 3. The molecule has 0 aromatic heterocycles. The van der Waals surface area contributed by atoms with Gasteiger partial charge in [-0.25, -0.2) is 0 Å². The van der Waals surface area contributed by atoms with E-state index in [0.717, 1.165) is 0 Å². The summed E-state index contributed by atoms with van der Waals surface area (Å²) in [7, 11) is 0. The third-order valence-electron chi connectivity index (χ3n) is 1.89. The molecule has 0 rings (SSSR count). The maximum atomic E-state index is 11.5. The van der Waals surface area contributed by atoms with Crippen LogP contribution in [-0.4, -0.2) is 55.7 Å². The molecule has 0 spiro atoms. The minimum absolute atomic E-state index is 0.0782. The minimum Gasteiger partial charge on any atom is -0.380 e. The molecule has 0 unspecified atom stereocenters. The maximum absolute atomic E-state index is 11.5. The number of alkyl halides is 1. The lowest BCUT2D eigenvalue weighted by Crippen LogP contribution is -2.37. The lowest BCUT2D eigenvalue weighted by Gasteiger charge is -2.21. The molecule has 0 saturated heterocycles. The van der Waals surface area contributed by atoms with E-state index in [1.54, 1.807) is 4.90 Å². The van der Waals surface area contributed by atoms with Gasteiger partial charge in [-0.1, -0.05) is 15.9 Å². The van der Waals surface area contributed by atoms with Crippen LogP contribution in [0.15, 0.2) is 0 Å². The average molecular weight is 282 g/mol. The SMILES string of the molecule is CCOCCN(CCOCC)C(=O)CBr. The lowest BCUT2D eigenvalue weighted by atomic mass is 10.4. The Balaban J connectivity index is 3.79. The molecule has 0 aromatic rings. The smallest absolute Gasteiger partial charge is 0.233 e. The molecule has 0 aliphatic heterocycles. The molecule has 0 aliphatic carbocycles. The summed E-state index contributed by atoms with van der Waals surface area (Å²) in [6, 6.07) is 0. The Morgan fingerprint density at radius 1 is 1.13 bits per heavy atom. The van der Waals surface area contributed by atoms with Crippen molar-refractivity contribution in [2.24, 2.45) is 0 Å². The summed E-state index contributed by atoms with van der Waals surface area (Å²) < 4.78 is 10.4. The van der Waals surface area contributed by atoms with Crippen molar-refractivity contribution >= 4 is 21.8 Å². The Morgan fingerprint density at radius 3 is 1.93 bits per heavy atom. The van der Waals surface area contributed by atoms with Crippen LogP contribution in [0, 0.1) is 0 Å². The largest absolute Gasteiger partial charge is 0.380 e. The molecule has 0 heterocycles. The van der Waals surface area contributed by atoms with Gasteiger partial charge in [0.1, 0.15) is 0 Å². The normalized spacial score (nSPS) is 10.3. The number of hydrogen-bond donors (Lipinski definition) is 0. The fourth-order valence-corrected chi connectivity index (χ4v) is 1.44. The molecule has 0 bridgehead atoms. The monoisotopic (exact) mass is 281 g/mol. The van der Waals surface area contributed by atoms with E-state index in [2.05, 4.69) is 15.9 Å². The topological polar surface area (TPSA) is 38.8 Å². The van der Waals surface area contributed by atoms with Gasteiger partial charge in [0.05, 0.1) is 18.5 Å². The Labute approximate surface area is 100 Å². The number of halogens is 1. The van der Waals surface area contributed by atoms with Gasteiger partial charge in [0.25, 0.3) is 0 Å². The highest BCUT2D eigenvalue weighted by Crippen LogP contribution is 1.95. The van der Waals surface area contributed by atoms with Gasteiger partial charge in [-0.05, 0) is 13.8 Å². The van der Waals surface area contributed by atoms with Crippen molar-refractivity contribution in [2.75, 3.05) is 44.8 Å². The summed E-state index contributed by atoms with van der Waals surface area (Å²) in [4.78, 5) is 13.2. The van der Waals surface area contributed by atoms with Crippen molar-refractivity contribution < 1.29 is 14.3 Å². The molecule has 0 N–H and O–H groups in total. The van der Waals surface area contributed by atoms with Gasteiger partial charge in [0.2, 0.25) is 5.91 Å². The molecule has 5 heteroatoms. The fourth-order valence-electron chi connectivity index (χ4n) is 1.08. The molecule has 0 atom stereocenters. The summed E-state index contributed by atoms with van der Waals surface area (Å²) in [6.45, 7) is 7.68. The molecule has 0 aliphatic rings. The van der Waals surface area contributed by atoms with Crippen molar-refractivity contribution in [1.29, 1.82) is 0 Å². The quantitative estimate of drug-likeness (QED) is 0.472. The van der Waals surface area contributed by atoms with Crippen LogP contribution in [0.3, 0.4) is 0 Å². The van der Waals surface area contributed by atoms with Crippen molar-refractivity contribution in [3.63, 3.8) is 0 Å². The van der Waals surface area contributed by atoms with Gasteiger partial charge in [-0.3, -0.25) is 4.79 Å². The number of carbonyl (C=O) groups excluding carboxylic acids is 1. The highest BCUT2D eigenvalue weighted by Gasteiger charge is 2.10. The second-order valence-electron chi connectivity index (χ2n) is 2.91. The van der Waals surface area contributed by atoms with E-state index < -0.39 is 0 Å². The Hall–Kier alpha value is -0.130. The van der Waals surface area contributed by atoms with Crippen LogP contribution in [-0.2, 0) is 14.3 Å². The van der Waals surface area contributed by atoms with Gasteiger partial charge in [-0.15, -0.1) is 0 Å².